The lowest BCUT2D eigenvalue weighted by molar-refractivity contribution is 0.621. The van der Waals surface area contributed by atoms with E-state index in [-0.39, 0.29) is 5.43 Å². The fourth-order valence-electron chi connectivity index (χ4n) is 3.76. The topological polar surface area (TPSA) is 30.2 Å². The van der Waals surface area contributed by atoms with Gasteiger partial charge in [0.05, 0.1) is 10.9 Å². The van der Waals surface area contributed by atoms with E-state index >= 15 is 0 Å². The third kappa shape index (κ3) is 3.05. The maximum absolute atomic E-state index is 13.9. The maximum atomic E-state index is 13.9. The first kappa shape index (κ1) is 17.2. The zero-order valence-corrected chi connectivity index (χ0v) is 15.7. The van der Waals surface area contributed by atoms with Crippen molar-refractivity contribution in [2.45, 2.75) is 0 Å². The minimum absolute atomic E-state index is 0.0178. The van der Waals surface area contributed by atoms with Crippen LogP contribution in [0.25, 0.3) is 44.5 Å². The minimum atomic E-state index is -0.0178. The molecule has 0 saturated carbocycles. The van der Waals surface area contributed by atoms with Gasteiger partial charge in [0.2, 0.25) is 5.43 Å². The molecule has 0 aliphatic heterocycles. The number of hydrogen-bond donors (Lipinski definition) is 0. The van der Waals surface area contributed by atoms with Gasteiger partial charge in [0, 0.05) is 5.56 Å². The molecule has 0 aliphatic rings. The molecule has 0 unspecified atom stereocenters. The Morgan fingerprint density at radius 1 is 0.517 bits per heavy atom. The van der Waals surface area contributed by atoms with Gasteiger partial charge in [-0.15, -0.1) is 0 Å². The molecular formula is C27H18O2. The van der Waals surface area contributed by atoms with Crippen molar-refractivity contribution in [3.63, 3.8) is 0 Å². The van der Waals surface area contributed by atoms with Crippen LogP contribution in [-0.4, -0.2) is 0 Å². The lowest BCUT2D eigenvalue weighted by Gasteiger charge is -2.13. The monoisotopic (exact) mass is 374 g/mol. The quantitative estimate of drug-likeness (QED) is 0.348. The van der Waals surface area contributed by atoms with Crippen LogP contribution in [-0.2, 0) is 0 Å². The van der Waals surface area contributed by atoms with Crippen molar-refractivity contribution < 1.29 is 4.42 Å². The molecule has 0 spiro atoms. The number of fused-ring (bicyclic) bond motifs is 1. The Morgan fingerprint density at radius 3 is 1.69 bits per heavy atom. The molecule has 0 amide bonds. The van der Waals surface area contributed by atoms with Crippen LogP contribution in [0.3, 0.4) is 0 Å². The summed E-state index contributed by atoms with van der Waals surface area (Å²) in [5.41, 5.74) is 4.78. The number of rotatable bonds is 3. The van der Waals surface area contributed by atoms with E-state index in [9.17, 15) is 4.79 Å². The van der Waals surface area contributed by atoms with Crippen LogP contribution in [0, 0.1) is 0 Å². The van der Waals surface area contributed by atoms with E-state index in [1.54, 1.807) is 0 Å². The second-order valence-corrected chi connectivity index (χ2v) is 6.91. The van der Waals surface area contributed by atoms with Crippen LogP contribution in [0.15, 0.2) is 118 Å². The molecule has 0 radical (unpaired) electrons. The standard InChI is InChI=1S/C27H18O2/c28-26-24(20-13-6-2-7-14-20)27(21-15-8-3-9-16-21)29-23-18-10-17-22(25(23)26)19-11-4-1-5-12-19/h1-18H. The average Bonchev–Trinajstić information content (AvgIpc) is 2.80. The van der Waals surface area contributed by atoms with Crippen LogP contribution in [0.4, 0.5) is 0 Å². The first-order chi connectivity index (χ1) is 14.3. The summed E-state index contributed by atoms with van der Waals surface area (Å²) < 4.78 is 6.38. The zero-order chi connectivity index (χ0) is 19.6. The van der Waals surface area contributed by atoms with Crippen molar-refractivity contribution in [1.29, 1.82) is 0 Å². The van der Waals surface area contributed by atoms with Gasteiger partial charge in [0.1, 0.15) is 11.3 Å². The van der Waals surface area contributed by atoms with Crippen molar-refractivity contribution in [1.82, 2.24) is 0 Å². The largest absolute Gasteiger partial charge is 0.455 e. The molecule has 0 aliphatic carbocycles. The summed E-state index contributed by atoms with van der Waals surface area (Å²) in [5, 5.41) is 0.609. The molecule has 138 valence electrons. The van der Waals surface area contributed by atoms with Crippen molar-refractivity contribution in [3.05, 3.63) is 119 Å². The lowest BCUT2D eigenvalue weighted by Crippen LogP contribution is -2.08. The SMILES string of the molecule is O=c1c(-c2ccccc2)c(-c2ccccc2)oc2cccc(-c3ccccc3)c12. The summed E-state index contributed by atoms with van der Waals surface area (Å²) >= 11 is 0. The second-order valence-electron chi connectivity index (χ2n) is 6.91. The van der Waals surface area contributed by atoms with Crippen LogP contribution >= 0.6 is 0 Å². The average molecular weight is 374 g/mol. The van der Waals surface area contributed by atoms with Crippen LogP contribution in [0.5, 0.6) is 0 Å². The van der Waals surface area contributed by atoms with Gasteiger partial charge < -0.3 is 4.42 Å². The summed E-state index contributed by atoms with van der Waals surface area (Å²) in [5.74, 6) is 0.597. The number of benzene rings is 4. The molecule has 1 aromatic heterocycles. The van der Waals surface area contributed by atoms with Gasteiger partial charge in [-0.1, -0.05) is 103 Å². The molecule has 0 saturated heterocycles. The highest BCUT2D eigenvalue weighted by Crippen LogP contribution is 2.35. The Balaban J connectivity index is 1.91. The van der Waals surface area contributed by atoms with Gasteiger partial charge in [-0.2, -0.15) is 0 Å². The van der Waals surface area contributed by atoms with E-state index in [0.717, 1.165) is 22.3 Å². The zero-order valence-electron chi connectivity index (χ0n) is 15.7. The van der Waals surface area contributed by atoms with E-state index in [4.69, 9.17) is 4.42 Å². The molecule has 1 heterocycles. The predicted molar refractivity (Wildman–Crippen MR) is 119 cm³/mol. The third-order valence-corrected chi connectivity index (χ3v) is 5.10. The van der Waals surface area contributed by atoms with Crippen LogP contribution < -0.4 is 5.43 Å². The highest BCUT2D eigenvalue weighted by Gasteiger charge is 2.19. The normalized spacial score (nSPS) is 10.9. The first-order valence-electron chi connectivity index (χ1n) is 9.59. The summed E-state index contributed by atoms with van der Waals surface area (Å²) in [6, 6.07) is 35.3. The van der Waals surface area contributed by atoms with Crippen molar-refractivity contribution in [2.75, 3.05) is 0 Å². The third-order valence-electron chi connectivity index (χ3n) is 5.10. The highest BCUT2D eigenvalue weighted by atomic mass is 16.3. The summed E-state index contributed by atoms with van der Waals surface area (Å²) in [4.78, 5) is 13.9. The number of hydrogen-bond acceptors (Lipinski definition) is 2. The lowest BCUT2D eigenvalue weighted by atomic mass is 9.95. The molecule has 0 atom stereocenters. The predicted octanol–water partition coefficient (Wildman–Crippen LogP) is 6.79. The van der Waals surface area contributed by atoms with Gasteiger partial charge in [-0.05, 0) is 22.8 Å². The van der Waals surface area contributed by atoms with Gasteiger partial charge in [-0.25, -0.2) is 0 Å². The van der Waals surface area contributed by atoms with E-state index in [0.29, 0.717) is 22.3 Å². The molecule has 2 nitrogen and oxygen atoms in total. The van der Waals surface area contributed by atoms with Crippen molar-refractivity contribution in [2.24, 2.45) is 0 Å². The molecule has 29 heavy (non-hydrogen) atoms. The van der Waals surface area contributed by atoms with Gasteiger partial charge >= 0.3 is 0 Å². The summed E-state index contributed by atoms with van der Waals surface area (Å²) in [6.07, 6.45) is 0. The molecule has 0 N–H and O–H groups in total. The molecule has 0 fully saturated rings. The minimum Gasteiger partial charge on any atom is -0.455 e. The Kier molecular flexibility index (Phi) is 4.30. The summed E-state index contributed by atoms with van der Waals surface area (Å²) in [6.45, 7) is 0. The highest BCUT2D eigenvalue weighted by molar-refractivity contribution is 5.98. The first-order valence-corrected chi connectivity index (χ1v) is 9.59. The van der Waals surface area contributed by atoms with Crippen LogP contribution in [0.1, 0.15) is 0 Å². The fourth-order valence-corrected chi connectivity index (χ4v) is 3.76. The van der Waals surface area contributed by atoms with E-state index in [2.05, 4.69) is 0 Å². The van der Waals surface area contributed by atoms with E-state index in [1.165, 1.54) is 0 Å². The molecular weight excluding hydrogens is 356 g/mol. The molecule has 2 heteroatoms. The maximum Gasteiger partial charge on any atom is 0.201 e. The van der Waals surface area contributed by atoms with Crippen molar-refractivity contribution >= 4 is 11.0 Å². The Bertz CT molecular complexity index is 1340. The molecule has 4 aromatic carbocycles. The molecule has 0 bridgehead atoms. The van der Waals surface area contributed by atoms with E-state index < -0.39 is 0 Å². The molecule has 5 rings (SSSR count). The van der Waals surface area contributed by atoms with Gasteiger partial charge in [0.25, 0.3) is 0 Å². The van der Waals surface area contributed by atoms with Crippen molar-refractivity contribution in [3.8, 4) is 33.6 Å². The Morgan fingerprint density at radius 2 is 1.07 bits per heavy atom. The van der Waals surface area contributed by atoms with Gasteiger partial charge in [-0.3, -0.25) is 4.79 Å². The molecule has 5 aromatic rings. The smallest absolute Gasteiger partial charge is 0.201 e. The second kappa shape index (κ2) is 7.25. The fraction of sp³-hybridized carbons (Fsp3) is 0. The Hall–Kier alpha value is -3.91. The van der Waals surface area contributed by atoms with Crippen LogP contribution in [0.2, 0.25) is 0 Å². The van der Waals surface area contributed by atoms with Gasteiger partial charge in [0.15, 0.2) is 0 Å². The Labute approximate surface area is 168 Å². The summed E-state index contributed by atoms with van der Waals surface area (Å²) in [7, 11) is 0. The van der Waals surface area contributed by atoms with E-state index in [1.807, 2.05) is 109 Å².